The molecule has 1 N–H and O–H groups in total. The van der Waals surface area contributed by atoms with Crippen molar-refractivity contribution in [3.8, 4) is 0 Å². The number of rotatable bonds is 4. The van der Waals surface area contributed by atoms with E-state index in [2.05, 4.69) is 38.1 Å². The molecule has 0 spiro atoms. The van der Waals surface area contributed by atoms with Crippen LogP contribution in [0, 0.1) is 5.92 Å². The predicted molar refractivity (Wildman–Crippen MR) is 89.9 cm³/mol. The summed E-state index contributed by atoms with van der Waals surface area (Å²) in [7, 11) is 0. The number of carboxylic acid groups (broad SMARTS) is 1. The van der Waals surface area contributed by atoms with Crippen molar-refractivity contribution in [3.05, 3.63) is 35.4 Å². The molecule has 0 aromatic heterocycles. The van der Waals surface area contributed by atoms with Crippen LogP contribution in [-0.4, -0.2) is 47.2 Å². The van der Waals surface area contributed by atoms with Gasteiger partial charge in [-0.1, -0.05) is 38.1 Å². The third kappa shape index (κ3) is 3.46. The summed E-state index contributed by atoms with van der Waals surface area (Å²) in [6.45, 7) is 6.75. The number of benzene rings is 1. The van der Waals surface area contributed by atoms with E-state index in [-0.39, 0.29) is 30.4 Å². The van der Waals surface area contributed by atoms with Crippen LogP contribution in [0.1, 0.15) is 50.2 Å². The third-order valence-electron chi connectivity index (χ3n) is 4.99. The van der Waals surface area contributed by atoms with E-state index in [9.17, 15) is 9.59 Å². The molecule has 3 unspecified atom stereocenters. The number of carbonyl (C=O) groups is 2. The number of hydrogen-bond donors (Lipinski definition) is 1. The SMILES string of the molecule is CC(C)c1ccc(C2CC2C(=O)N2CC(C(=O)O)O[C@H](C)C2)cc1. The highest BCUT2D eigenvalue weighted by molar-refractivity contribution is 5.84. The van der Waals surface area contributed by atoms with Crippen molar-refractivity contribution in [2.45, 2.75) is 51.2 Å². The van der Waals surface area contributed by atoms with Crippen LogP contribution < -0.4 is 0 Å². The molecule has 2 fully saturated rings. The van der Waals surface area contributed by atoms with Gasteiger partial charge in [0.25, 0.3) is 0 Å². The summed E-state index contributed by atoms with van der Waals surface area (Å²) in [5, 5.41) is 9.15. The molecule has 1 aromatic rings. The topological polar surface area (TPSA) is 66.8 Å². The maximum absolute atomic E-state index is 12.7. The maximum Gasteiger partial charge on any atom is 0.334 e. The average Bonchev–Trinajstić information content (AvgIpc) is 3.34. The molecule has 0 bridgehead atoms. The van der Waals surface area contributed by atoms with Gasteiger partial charge in [0, 0.05) is 12.5 Å². The zero-order valence-electron chi connectivity index (χ0n) is 14.4. The van der Waals surface area contributed by atoms with Crippen LogP contribution in [0.4, 0.5) is 0 Å². The number of nitrogens with zero attached hydrogens (tertiary/aromatic N) is 1. The Balaban J connectivity index is 1.63. The molecular weight excluding hydrogens is 306 g/mol. The summed E-state index contributed by atoms with van der Waals surface area (Å²) in [6, 6.07) is 8.51. The molecule has 1 saturated carbocycles. The normalized spacial score (nSPS) is 29.6. The molecular formula is C19H25NO4. The van der Waals surface area contributed by atoms with Gasteiger partial charge < -0.3 is 14.7 Å². The quantitative estimate of drug-likeness (QED) is 0.921. The van der Waals surface area contributed by atoms with Crippen LogP contribution >= 0.6 is 0 Å². The number of morpholine rings is 1. The van der Waals surface area contributed by atoms with Crippen LogP contribution in [0.2, 0.25) is 0 Å². The average molecular weight is 331 g/mol. The number of carboxylic acids is 1. The summed E-state index contributed by atoms with van der Waals surface area (Å²) in [6.07, 6.45) is -0.310. The summed E-state index contributed by atoms with van der Waals surface area (Å²) in [5.74, 6) is -0.196. The zero-order valence-corrected chi connectivity index (χ0v) is 14.4. The van der Waals surface area contributed by atoms with Crippen molar-refractivity contribution in [2.24, 2.45) is 5.92 Å². The van der Waals surface area contributed by atoms with Crippen molar-refractivity contribution in [1.82, 2.24) is 4.90 Å². The molecule has 1 aromatic carbocycles. The van der Waals surface area contributed by atoms with Crippen LogP contribution in [0.15, 0.2) is 24.3 Å². The fourth-order valence-corrected chi connectivity index (χ4v) is 3.47. The summed E-state index contributed by atoms with van der Waals surface area (Å²) in [5.41, 5.74) is 2.50. The standard InChI is InChI=1S/C19H25NO4/c1-11(2)13-4-6-14(7-5-13)15-8-16(15)18(21)20-9-12(3)24-17(10-20)19(22)23/h4-7,11-12,15-17H,8-10H2,1-3H3,(H,22,23)/t12-,15?,16?,17?/m1/s1. The van der Waals surface area contributed by atoms with Gasteiger partial charge in [-0.25, -0.2) is 4.79 Å². The number of amides is 1. The summed E-state index contributed by atoms with van der Waals surface area (Å²) in [4.78, 5) is 25.5. The Morgan fingerprint density at radius 1 is 1.21 bits per heavy atom. The second-order valence-corrected chi connectivity index (χ2v) is 7.29. The fourth-order valence-electron chi connectivity index (χ4n) is 3.47. The molecule has 5 nitrogen and oxygen atoms in total. The van der Waals surface area contributed by atoms with Crippen molar-refractivity contribution in [2.75, 3.05) is 13.1 Å². The van der Waals surface area contributed by atoms with Gasteiger partial charge in [-0.3, -0.25) is 4.79 Å². The molecule has 1 heterocycles. The largest absolute Gasteiger partial charge is 0.479 e. The lowest BCUT2D eigenvalue weighted by molar-refractivity contribution is -0.167. The van der Waals surface area contributed by atoms with Gasteiger partial charge in [-0.05, 0) is 36.3 Å². The van der Waals surface area contributed by atoms with E-state index >= 15 is 0 Å². The molecule has 0 radical (unpaired) electrons. The molecule has 3 rings (SSSR count). The van der Waals surface area contributed by atoms with Crippen LogP contribution in [0.3, 0.4) is 0 Å². The number of carbonyl (C=O) groups excluding carboxylic acids is 1. The molecule has 1 amide bonds. The molecule has 1 aliphatic heterocycles. The van der Waals surface area contributed by atoms with E-state index < -0.39 is 12.1 Å². The number of aliphatic carboxylic acids is 1. The monoisotopic (exact) mass is 331 g/mol. The lowest BCUT2D eigenvalue weighted by Crippen LogP contribution is -2.52. The Hall–Kier alpha value is -1.88. The first-order chi connectivity index (χ1) is 11.4. The minimum Gasteiger partial charge on any atom is -0.479 e. The second-order valence-electron chi connectivity index (χ2n) is 7.29. The fraction of sp³-hybridized carbons (Fsp3) is 0.579. The summed E-state index contributed by atoms with van der Waals surface area (Å²) >= 11 is 0. The second kappa shape index (κ2) is 6.55. The molecule has 1 saturated heterocycles. The first kappa shape index (κ1) is 17.0. The maximum atomic E-state index is 12.7. The molecule has 24 heavy (non-hydrogen) atoms. The van der Waals surface area contributed by atoms with E-state index in [0.29, 0.717) is 12.5 Å². The van der Waals surface area contributed by atoms with Gasteiger partial charge in [-0.2, -0.15) is 0 Å². The minimum absolute atomic E-state index is 0.0188. The Labute approximate surface area is 142 Å². The van der Waals surface area contributed by atoms with Gasteiger partial charge in [-0.15, -0.1) is 0 Å². The number of hydrogen-bond acceptors (Lipinski definition) is 3. The first-order valence-corrected chi connectivity index (χ1v) is 8.63. The van der Waals surface area contributed by atoms with Gasteiger partial charge in [0.05, 0.1) is 12.6 Å². The van der Waals surface area contributed by atoms with Crippen molar-refractivity contribution in [3.63, 3.8) is 0 Å². The highest BCUT2D eigenvalue weighted by Crippen LogP contribution is 2.48. The zero-order chi connectivity index (χ0) is 17.4. The van der Waals surface area contributed by atoms with Crippen molar-refractivity contribution < 1.29 is 19.4 Å². The third-order valence-corrected chi connectivity index (χ3v) is 4.99. The Morgan fingerprint density at radius 2 is 1.88 bits per heavy atom. The highest BCUT2D eigenvalue weighted by atomic mass is 16.5. The van der Waals surface area contributed by atoms with Gasteiger partial charge in [0.15, 0.2) is 6.10 Å². The van der Waals surface area contributed by atoms with Crippen molar-refractivity contribution in [1.29, 1.82) is 0 Å². The Kier molecular flexibility index (Phi) is 4.63. The van der Waals surface area contributed by atoms with Gasteiger partial charge in [0.1, 0.15) is 0 Å². The molecule has 130 valence electrons. The lowest BCUT2D eigenvalue weighted by Gasteiger charge is -2.35. The molecule has 5 heteroatoms. The lowest BCUT2D eigenvalue weighted by atomic mass is 10.00. The van der Waals surface area contributed by atoms with Gasteiger partial charge in [0.2, 0.25) is 5.91 Å². The van der Waals surface area contributed by atoms with E-state index in [0.717, 1.165) is 6.42 Å². The Morgan fingerprint density at radius 3 is 2.46 bits per heavy atom. The molecule has 4 atom stereocenters. The predicted octanol–water partition coefficient (Wildman–Crippen LogP) is 2.61. The Bertz CT molecular complexity index is 625. The van der Waals surface area contributed by atoms with Crippen LogP contribution in [-0.2, 0) is 14.3 Å². The van der Waals surface area contributed by atoms with E-state index in [1.54, 1.807) is 4.90 Å². The van der Waals surface area contributed by atoms with Gasteiger partial charge >= 0.3 is 5.97 Å². The molecule has 2 aliphatic rings. The smallest absolute Gasteiger partial charge is 0.334 e. The van der Waals surface area contributed by atoms with E-state index in [1.807, 2.05) is 6.92 Å². The summed E-state index contributed by atoms with van der Waals surface area (Å²) < 4.78 is 5.38. The van der Waals surface area contributed by atoms with Crippen LogP contribution in [0.5, 0.6) is 0 Å². The minimum atomic E-state index is -1.00. The highest BCUT2D eigenvalue weighted by Gasteiger charge is 2.47. The van der Waals surface area contributed by atoms with Crippen LogP contribution in [0.25, 0.3) is 0 Å². The van der Waals surface area contributed by atoms with E-state index in [4.69, 9.17) is 9.84 Å². The number of ether oxygens (including phenoxy) is 1. The van der Waals surface area contributed by atoms with Crippen molar-refractivity contribution >= 4 is 11.9 Å². The molecule has 1 aliphatic carbocycles. The van der Waals surface area contributed by atoms with E-state index in [1.165, 1.54) is 11.1 Å². The first-order valence-electron chi connectivity index (χ1n) is 8.63.